The minimum absolute atomic E-state index is 0.169. The molecule has 0 radical (unpaired) electrons. The summed E-state index contributed by atoms with van der Waals surface area (Å²) in [4.78, 5) is 4.79. The number of nitrogens with zero attached hydrogens (tertiary/aromatic N) is 2. The van der Waals surface area contributed by atoms with Crippen LogP contribution in [0.3, 0.4) is 0 Å². The van der Waals surface area contributed by atoms with Gasteiger partial charge in [-0.1, -0.05) is 35.3 Å². The van der Waals surface area contributed by atoms with Gasteiger partial charge in [-0.15, -0.1) is 0 Å². The van der Waals surface area contributed by atoms with Crippen molar-refractivity contribution < 1.29 is 5.11 Å². The Bertz CT molecular complexity index is 917. The number of aliphatic hydroxyl groups is 1. The van der Waals surface area contributed by atoms with Gasteiger partial charge in [-0.3, -0.25) is 0 Å². The number of aromatic nitrogens is 2. The second-order valence-electron chi connectivity index (χ2n) is 6.90. The molecule has 0 saturated heterocycles. The molecule has 1 aromatic heterocycles. The molecule has 1 aliphatic carbocycles. The van der Waals surface area contributed by atoms with Crippen LogP contribution in [0, 0.1) is 0 Å². The zero-order chi connectivity index (χ0) is 18.1. The molecule has 0 amide bonds. The Morgan fingerprint density at radius 3 is 2.65 bits per heavy atom. The molecule has 26 heavy (non-hydrogen) atoms. The second-order valence-corrected chi connectivity index (χ2v) is 7.74. The molecular formula is C20H21Cl2N3O. The number of halogens is 2. The van der Waals surface area contributed by atoms with E-state index < -0.39 is 0 Å². The van der Waals surface area contributed by atoms with Crippen LogP contribution >= 0.6 is 23.2 Å². The predicted octanol–water partition coefficient (Wildman–Crippen LogP) is 5.11. The van der Waals surface area contributed by atoms with Gasteiger partial charge in [0.25, 0.3) is 0 Å². The first-order valence-corrected chi connectivity index (χ1v) is 9.69. The average molecular weight is 390 g/mol. The molecule has 1 fully saturated rings. The number of imidazole rings is 1. The predicted molar refractivity (Wildman–Crippen MR) is 107 cm³/mol. The first kappa shape index (κ1) is 17.7. The van der Waals surface area contributed by atoms with Crippen molar-refractivity contribution in [1.29, 1.82) is 0 Å². The molecule has 4 nitrogen and oxygen atoms in total. The zero-order valence-electron chi connectivity index (χ0n) is 14.3. The molecule has 136 valence electrons. The molecule has 1 saturated carbocycles. The summed E-state index contributed by atoms with van der Waals surface area (Å²) in [6, 6.07) is 13.9. The van der Waals surface area contributed by atoms with Gasteiger partial charge in [0.15, 0.2) is 0 Å². The van der Waals surface area contributed by atoms with Gasteiger partial charge in [-0.25, -0.2) is 4.98 Å². The Hall–Kier alpha value is -1.75. The first-order chi connectivity index (χ1) is 12.6. The van der Waals surface area contributed by atoms with Crippen molar-refractivity contribution in [2.45, 2.75) is 44.4 Å². The van der Waals surface area contributed by atoms with E-state index in [2.05, 4.69) is 16.0 Å². The maximum Gasteiger partial charge on any atom is 0.204 e. The summed E-state index contributed by atoms with van der Waals surface area (Å²) in [5.74, 6) is 0.837. The van der Waals surface area contributed by atoms with Crippen molar-refractivity contribution in [2.24, 2.45) is 0 Å². The number of aliphatic hydroxyl groups excluding tert-OH is 1. The van der Waals surface area contributed by atoms with Crippen molar-refractivity contribution in [3.05, 3.63) is 58.1 Å². The Balaban J connectivity index is 1.68. The number of benzene rings is 2. The highest BCUT2D eigenvalue weighted by molar-refractivity contribution is 6.33. The average Bonchev–Trinajstić information content (AvgIpc) is 2.97. The van der Waals surface area contributed by atoms with Crippen LogP contribution in [0.1, 0.15) is 31.2 Å². The smallest absolute Gasteiger partial charge is 0.204 e. The number of fused-ring (bicyclic) bond motifs is 1. The van der Waals surface area contributed by atoms with Crippen molar-refractivity contribution in [3.63, 3.8) is 0 Å². The molecule has 2 N–H and O–H groups in total. The summed E-state index contributed by atoms with van der Waals surface area (Å²) in [6.07, 6.45) is 3.39. The van der Waals surface area contributed by atoms with Crippen LogP contribution in [-0.2, 0) is 6.54 Å². The van der Waals surface area contributed by atoms with Crippen LogP contribution in [0.25, 0.3) is 11.0 Å². The standard InChI is InChI=1S/C20H21Cl2N3O/c21-14-5-10-17(22)13(11-14)12-25-19-4-2-1-3-18(19)24-20(25)23-15-6-8-16(26)9-7-15/h1-5,10-11,15-16,26H,6-9,12H2,(H,23,24). The van der Waals surface area contributed by atoms with Crippen LogP contribution in [-0.4, -0.2) is 26.8 Å². The molecular weight excluding hydrogens is 369 g/mol. The Morgan fingerprint density at radius 2 is 1.85 bits per heavy atom. The lowest BCUT2D eigenvalue weighted by atomic mass is 9.93. The van der Waals surface area contributed by atoms with E-state index in [-0.39, 0.29) is 6.10 Å². The maximum absolute atomic E-state index is 9.74. The maximum atomic E-state index is 9.74. The second kappa shape index (κ2) is 7.47. The van der Waals surface area contributed by atoms with Gasteiger partial charge >= 0.3 is 0 Å². The van der Waals surface area contributed by atoms with Gasteiger partial charge in [-0.2, -0.15) is 0 Å². The van der Waals surface area contributed by atoms with Crippen LogP contribution in [0.4, 0.5) is 5.95 Å². The van der Waals surface area contributed by atoms with Crippen molar-refractivity contribution in [3.8, 4) is 0 Å². The lowest BCUT2D eigenvalue weighted by Gasteiger charge is -2.27. The van der Waals surface area contributed by atoms with Crippen molar-refractivity contribution in [1.82, 2.24) is 9.55 Å². The third-order valence-corrected chi connectivity index (χ3v) is 5.62. The van der Waals surface area contributed by atoms with Gasteiger partial charge in [0.2, 0.25) is 5.95 Å². The highest BCUT2D eigenvalue weighted by atomic mass is 35.5. The molecule has 0 aliphatic heterocycles. The number of hydrogen-bond acceptors (Lipinski definition) is 3. The Morgan fingerprint density at radius 1 is 1.08 bits per heavy atom. The van der Waals surface area contributed by atoms with E-state index in [0.717, 1.165) is 48.2 Å². The summed E-state index contributed by atoms with van der Waals surface area (Å²) in [6.45, 7) is 0.595. The molecule has 0 atom stereocenters. The molecule has 3 aromatic rings. The minimum atomic E-state index is -0.169. The molecule has 6 heteroatoms. The fourth-order valence-electron chi connectivity index (χ4n) is 3.58. The highest BCUT2D eigenvalue weighted by Crippen LogP contribution is 2.28. The van der Waals surface area contributed by atoms with Gasteiger partial charge in [-0.05, 0) is 61.6 Å². The normalized spacial score (nSPS) is 20.4. The Labute approximate surface area is 162 Å². The molecule has 0 spiro atoms. The third kappa shape index (κ3) is 3.68. The summed E-state index contributed by atoms with van der Waals surface area (Å²) in [7, 11) is 0. The summed E-state index contributed by atoms with van der Waals surface area (Å²) in [5.41, 5.74) is 2.97. The van der Waals surface area contributed by atoms with Gasteiger partial charge < -0.3 is 15.0 Å². The molecule has 0 unspecified atom stereocenters. The monoisotopic (exact) mass is 389 g/mol. The van der Waals surface area contributed by atoms with E-state index in [1.807, 2.05) is 30.3 Å². The van der Waals surface area contributed by atoms with E-state index in [4.69, 9.17) is 28.2 Å². The van der Waals surface area contributed by atoms with Crippen molar-refractivity contribution >= 4 is 40.2 Å². The third-order valence-electron chi connectivity index (χ3n) is 5.02. The van der Waals surface area contributed by atoms with Crippen LogP contribution in [0.2, 0.25) is 10.0 Å². The molecule has 0 bridgehead atoms. The van der Waals surface area contributed by atoms with E-state index in [9.17, 15) is 5.11 Å². The Kier molecular flexibility index (Phi) is 5.07. The van der Waals surface area contributed by atoms with Crippen LogP contribution in [0.15, 0.2) is 42.5 Å². The van der Waals surface area contributed by atoms with Gasteiger partial charge in [0.1, 0.15) is 0 Å². The number of para-hydroxylation sites is 2. The SMILES string of the molecule is OC1CCC(Nc2nc3ccccc3n2Cc2cc(Cl)ccc2Cl)CC1. The number of anilines is 1. The fraction of sp³-hybridized carbons (Fsp3) is 0.350. The number of hydrogen-bond donors (Lipinski definition) is 2. The largest absolute Gasteiger partial charge is 0.393 e. The minimum Gasteiger partial charge on any atom is -0.393 e. The van der Waals surface area contributed by atoms with Crippen molar-refractivity contribution in [2.75, 3.05) is 5.32 Å². The molecule has 1 aliphatic rings. The zero-order valence-corrected chi connectivity index (χ0v) is 15.8. The number of nitrogens with one attached hydrogen (secondary N) is 1. The molecule has 1 heterocycles. The fourth-order valence-corrected chi connectivity index (χ4v) is 3.96. The summed E-state index contributed by atoms with van der Waals surface area (Å²) in [5, 5.41) is 14.7. The van der Waals surface area contributed by atoms with Gasteiger partial charge in [0.05, 0.1) is 23.7 Å². The quantitative estimate of drug-likeness (QED) is 0.651. The summed E-state index contributed by atoms with van der Waals surface area (Å²) < 4.78 is 2.15. The summed E-state index contributed by atoms with van der Waals surface area (Å²) >= 11 is 12.5. The van der Waals surface area contributed by atoms with E-state index in [1.165, 1.54) is 0 Å². The lowest BCUT2D eigenvalue weighted by molar-refractivity contribution is 0.126. The van der Waals surface area contributed by atoms with E-state index >= 15 is 0 Å². The van der Waals surface area contributed by atoms with E-state index in [1.54, 1.807) is 6.07 Å². The van der Waals surface area contributed by atoms with Crippen LogP contribution in [0.5, 0.6) is 0 Å². The highest BCUT2D eigenvalue weighted by Gasteiger charge is 2.21. The first-order valence-electron chi connectivity index (χ1n) is 8.94. The van der Waals surface area contributed by atoms with Gasteiger partial charge in [0, 0.05) is 16.1 Å². The van der Waals surface area contributed by atoms with E-state index in [0.29, 0.717) is 22.6 Å². The molecule has 4 rings (SSSR count). The van der Waals surface area contributed by atoms with Crippen LogP contribution < -0.4 is 5.32 Å². The topological polar surface area (TPSA) is 50.1 Å². The number of rotatable bonds is 4. The molecule has 2 aromatic carbocycles. The lowest BCUT2D eigenvalue weighted by Crippen LogP contribution is -2.29.